The van der Waals surface area contributed by atoms with E-state index < -0.39 is 0 Å². The Kier molecular flexibility index (Phi) is 4.72. The van der Waals surface area contributed by atoms with Crippen LogP contribution in [0, 0.1) is 11.3 Å². The average Bonchev–Trinajstić information content (AvgIpc) is 3.15. The van der Waals surface area contributed by atoms with Gasteiger partial charge in [-0.25, -0.2) is 4.98 Å². The fourth-order valence-corrected chi connectivity index (χ4v) is 2.81. The lowest BCUT2D eigenvalue weighted by molar-refractivity contribution is 0.102. The van der Waals surface area contributed by atoms with Crippen molar-refractivity contribution in [1.82, 2.24) is 9.38 Å². The molecule has 0 spiro atoms. The predicted octanol–water partition coefficient (Wildman–Crippen LogP) is 4.04. The molecular weight excluding hydrogens is 352 g/mol. The maximum Gasteiger partial charge on any atom is 0.255 e. The average molecular weight is 368 g/mol. The van der Waals surface area contributed by atoms with Crippen LogP contribution in [0.4, 0.5) is 5.69 Å². The maximum atomic E-state index is 12.5. The number of hydrogen-bond donors (Lipinski definition) is 1. The van der Waals surface area contributed by atoms with Crippen molar-refractivity contribution >= 4 is 17.2 Å². The van der Waals surface area contributed by atoms with Gasteiger partial charge in [-0.3, -0.25) is 4.79 Å². The number of nitriles is 1. The van der Waals surface area contributed by atoms with Crippen molar-refractivity contribution in [3.63, 3.8) is 0 Å². The Morgan fingerprint density at radius 1 is 1.11 bits per heavy atom. The van der Waals surface area contributed by atoms with Crippen LogP contribution in [0.2, 0.25) is 0 Å². The summed E-state index contributed by atoms with van der Waals surface area (Å²) in [7, 11) is 0. The van der Waals surface area contributed by atoms with Crippen molar-refractivity contribution in [2.45, 2.75) is 6.61 Å². The molecule has 2 aromatic heterocycles. The summed E-state index contributed by atoms with van der Waals surface area (Å²) in [4.78, 5) is 17.0. The van der Waals surface area contributed by atoms with Gasteiger partial charge in [0.1, 0.15) is 18.0 Å². The normalized spacial score (nSPS) is 10.4. The molecule has 0 saturated heterocycles. The van der Waals surface area contributed by atoms with Crippen molar-refractivity contribution in [3.05, 3.63) is 95.9 Å². The van der Waals surface area contributed by atoms with E-state index in [9.17, 15) is 4.79 Å². The fraction of sp³-hybridized carbons (Fsp3) is 0.0455. The topological polar surface area (TPSA) is 79.4 Å². The van der Waals surface area contributed by atoms with Crippen molar-refractivity contribution in [2.24, 2.45) is 0 Å². The second-order valence-corrected chi connectivity index (χ2v) is 6.16. The Morgan fingerprint density at radius 2 is 2.00 bits per heavy atom. The number of benzene rings is 2. The van der Waals surface area contributed by atoms with Gasteiger partial charge in [0.25, 0.3) is 5.91 Å². The minimum absolute atomic E-state index is 0.270. The number of aromatic nitrogens is 2. The molecule has 1 amide bonds. The number of nitrogens with one attached hydrogen (secondary N) is 1. The lowest BCUT2D eigenvalue weighted by Gasteiger charge is -2.08. The molecule has 0 fully saturated rings. The van der Waals surface area contributed by atoms with Gasteiger partial charge in [0.2, 0.25) is 0 Å². The third-order valence-corrected chi connectivity index (χ3v) is 4.15. The van der Waals surface area contributed by atoms with E-state index >= 15 is 0 Å². The molecule has 28 heavy (non-hydrogen) atoms. The minimum atomic E-state index is -0.270. The van der Waals surface area contributed by atoms with Crippen LogP contribution in [0.25, 0.3) is 5.65 Å². The van der Waals surface area contributed by atoms with Gasteiger partial charge in [0, 0.05) is 23.6 Å². The molecule has 2 aromatic carbocycles. The van der Waals surface area contributed by atoms with Crippen LogP contribution in [0.1, 0.15) is 21.6 Å². The molecule has 0 bridgehead atoms. The summed E-state index contributed by atoms with van der Waals surface area (Å²) in [6.45, 7) is 0.303. The summed E-state index contributed by atoms with van der Waals surface area (Å²) in [5.41, 5.74) is 3.18. The summed E-state index contributed by atoms with van der Waals surface area (Å²) in [5.74, 6) is 0.309. The molecule has 0 aliphatic heterocycles. The molecule has 1 N–H and O–H groups in total. The third-order valence-electron chi connectivity index (χ3n) is 4.15. The Balaban J connectivity index is 1.44. The molecule has 0 radical (unpaired) electrons. The Bertz CT molecular complexity index is 1160. The number of carbonyl (C=O) groups excluding carboxylic acids is 1. The zero-order valence-electron chi connectivity index (χ0n) is 14.9. The van der Waals surface area contributed by atoms with Crippen molar-refractivity contribution < 1.29 is 9.53 Å². The van der Waals surface area contributed by atoms with Crippen LogP contribution in [0.5, 0.6) is 5.75 Å². The number of ether oxygens (including phenoxy) is 1. The van der Waals surface area contributed by atoms with Crippen LogP contribution in [-0.2, 0) is 6.61 Å². The van der Waals surface area contributed by atoms with E-state index in [0.717, 1.165) is 11.3 Å². The number of carbonyl (C=O) groups is 1. The summed E-state index contributed by atoms with van der Waals surface area (Å²) >= 11 is 0. The van der Waals surface area contributed by atoms with Gasteiger partial charge in [0.05, 0.1) is 17.3 Å². The highest BCUT2D eigenvalue weighted by molar-refractivity contribution is 6.04. The zero-order valence-corrected chi connectivity index (χ0v) is 14.9. The lowest BCUT2D eigenvalue weighted by Crippen LogP contribution is -2.12. The van der Waals surface area contributed by atoms with Crippen LogP contribution < -0.4 is 10.1 Å². The Labute approximate surface area is 161 Å². The van der Waals surface area contributed by atoms with E-state index in [4.69, 9.17) is 10.00 Å². The number of imidazole rings is 1. The molecular formula is C22H16N4O2. The third kappa shape index (κ3) is 3.84. The summed E-state index contributed by atoms with van der Waals surface area (Å²) < 4.78 is 7.73. The molecule has 0 unspecified atom stereocenters. The largest absolute Gasteiger partial charge is 0.487 e. The zero-order chi connectivity index (χ0) is 19.3. The molecule has 4 aromatic rings. The van der Waals surface area contributed by atoms with Gasteiger partial charge < -0.3 is 14.5 Å². The number of pyridine rings is 1. The van der Waals surface area contributed by atoms with Gasteiger partial charge in [-0.1, -0.05) is 18.2 Å². The first-order chi connectivity index (χ1) is 13.7. The van der Waals surface area contributed by atoms with E-state index in [-0.39, 0.29) is 5.91 Å². The highest BCUT2D eigenvalue weighted by Gasteiger charge is 2.09. The SMILES string of the molecule is N#Cc1cccc(NC(=O)c2cccc(OCc3cn4ccccc4n3)c2)c1. The lowest BCUT2D eigenvalue weighted by atomic mass is 10.1. The first-order valence-corrected chi connectivity index (χ1v) is 8.68. The molecule has 0 atom stereocenters. The number of amides is 1. The van der Waals surface area contributed by atoms with Crippen molar-refractivity contribution in [3.8, 4) is 11.8 Å². The maximum absolute atomic E-state index is 12.5. The number of rotatable bonds is 5. The monoisotopic (exact) mass is 368 g/mol. The van der Waals surface area contributed by atoms with Gasteiger partial charge in [0.15, 0.2) is 0 Å². The fourth-order valence-electron chi connectivity index (χ4n) is 2.81. The van der Waals surface area contributed by atoms with E-state index in [2.05, 4.69) is 16.4 Å². The van der Waals surface area contributed by atoms with Crippen LogP contribution in [0.3, 0.4) is 0 Å². The molecule has 2 heterocycles. The molecule has 0 aliphatic rings. The first kappa shape index (κ1) is 17.3. The highest BCUT2D eigenvalue weighted by atomic mass is 16.5. The van der Waals surface area contributed by atoms with Gasteiger partial charge >= 0.3 is 0 Å². The van der Waals surface area contributed by atoms with Crippen LogP contribution >= 0.6 is 0 Å². The smallest absolute Gasteiger partial charge is 0.255 e. The van der Waals surface area contributed by atoms with E-state index in [0.29, 0.717) is 29.2 Å². The number of anilines is 1. The van der Waals surface area contributed by atoms with Crippen LogP contribution in [-0.4, -0.2) is 15.3 Å². The number of fused-ring (bicyclic) bond motifs is 1. The van der Waals surface area contributed by atoms with Gasteiger partial charge in [-0.15, -0.1) is 0 Å². The Hall–Kier alpha value is -4.11. The van der Waals surface area contributed by atoms with Gasteiger partial charge in [-0.05, 0) is 48.5 Å². The van der Waals surface area contributed by atoms with E-state index in [1.165, 1.54) is 0 Å². The summed E-state index contributed by atoms with van der Waals surface area (Å²) in [5, 5.41) is 11.8. The highest BCUT2D eigenvalue weighted by Crippen LogP contribution is 2.17. The quantitative estimate of drug-likeness (QED) is 0.577. The standard InChI is InChI=1S/C22H16N4O2/c23-13-16-5-3-7-18(11-16)25-22(27)17-6-4-8-20(12-17)28-15-19-14-26-10-2-1-9-21(26)24-19/h1-12,14H,15H2,(H,25,27). The Morgan fingerprint density at radius 3 is 2.86 bits per heavy atom. The molecule has 6 heteroatoms. The summed E-state index contributed by atoms with van der Waals surface area (Å²) in [6.07, 6.45) is 3.84. The number of hydrogen-bond acceptors (Lipinski definition) is 4. The van der Waals surface area contributed by atoms with Crippen molar-refractivity contribution in [2.75, 3.05) is 5.32 Å². The minimum Gasteiger partial charge on any atom is -0.487 e. The predicted molar refractivity (Wildman–Crippen MR) is 105 cm³/mol. The molecule has 6 nitrogen and oxygen atoms in total. The van der Waals surface area contributed by atoms with E-state index in [1.54, 1.807) is 48.5 Å². The number of nitrogens with zero attached hydrogens (tertiary/aromatic N) is 3. The summed E-state index contributed by atoms with van der Waals surface area (Å²) in [6, 6.07) is 21.6. The molecule has 136 valence electrons. The second kappa shape index (κ2) is 7.64. The first-order valence-electron chi connectivity index (χ1n) is 8.68. The van der Waals surface area contributed by atoms with Crippen LogP contribution in [0.15, 0.2) is 79.1 Å². The molecule has 0 saturated carbocycles. The van der Waals surface area contributed by atoms with E-state index in [1.807, 2.05) is 35.0 Å². The molecule has 0 aliphatic carbocycles. The van der Waals surface area contributed by atoms with Crippen molar-refractivity contribution in [1.29, 1.82) is 5.26 Å². The second-order valence-electron chi connectivity index (χ2n) is 6.16. The molecule has 4 rings (SSSR count). The van der Waals surface area contributed by atoms with Gasteiger partial charge in [-0.2, -0.15) is 5.26 Å².